The molecule has 3 unspecified atom stereocenters. The van der Waals surface area contributed by atoms with Crippen LogP contribution in [0.3, 0.4) is 0 Å². The van der Waals surface area contributed by atoms with Gasteiger partial charge < -0.3 is 10.1 Å². The Bertz CT molecular complexity index is 1430. The number of rotatable bonds is 5. The summed E-state index contributed by atoms with van der Waals surface area (Å²) in [6, 6.07) is 14.9. The van der Waals surface area contributed by atoms with Crippen molar-refractivity contribution in [2.75, 3.05) is 12.4 Å². The van der Waals surface area contributed by atoms with Crippen LogP contribution in [0, 0.1) is 5.92 Å². The van der Waals surface area contributed by atoms with Crippen molar-refractivity contribution in [3.63, 3.8) is 0 Å². The summed E-state index contributed by atoms with van der Waals surface area (Å²) < 4.78 is 6.55. The number of benzene rings is 2. The van der Waals surface area contributed by atoms with Crippen molar-refractivity contribution in [3.05, 3.63) is 74.2 Å². The van der Waals surface area contributed by atoms with Gasteiger partial charge in [0.25, 0.3) is 0 Å². The number of thiazole rings is 1. The molecule has 10 heteroatoms. The van der Waals surface area contributed by atoms with Crippen LogP contribution >= 0.6 is 23.1 Å². The largest absolute Gasteiger partial charge is 0.497 e. The van der Waals surface area contributed by atoms with Crippen LogP contribution in [0.5, 0.6) is 5.75 Å². The zero-order valence-electron chi connectivity index (χ0n) is 20.9. The minimum Gasteiger partial charge on any atom is -0.497 e. The number of anilines is 1. The van der Waals surface area contributed by atoms with Crippen molar-refractivity contribution in [2.45, 2.75) is 48.9 Å². The molecule has 3 amide bonds. The predicted molar refractivity (Wildman–Crippen MR) is 143 cm³/mol. The first-order valence-electron chi connectivity index (χ1n) is 11.9. The molecule has 0 radical (unpaired) electrons. The molecule has 0 aliphatic carbocycles. The van der Waals surface area contributed by atoms with E-state index in [-0.39, 0.29) is 34.6 Å². The molecule has 37 heavy (non-hydrogen) atoms. The van der Waals surface area contributed by atoms with E-state index in [1.807, 2.05) is 24.3 Å². The van der Waals surface area contributed by atoms with Gasteiger partial charge in [-0.15, -0.1) is 0 Å². The molecule has 0 saturated carbocycles. The third-order valence-electron chi connectivity index (χ3n) is 6.70. The van der Waals surface area contributed by atoms with Gasteiger partial charge in [0.1, 0.15) is 17.5 Å². The van der Waals surface area contributed by atoms with E-state index in [0.717, 1.165) is 22.5 Å². The van der Waals surface area contributed by atoms with Gasteiger partial charge in [0, 0.05) is 16.5 Å². The first-order valence-corrected chi connectivity index (χ1v) is 13.6. The standard InChI is InChI=1S/C27H27N3O5S2/c1-27(2,3)15-7-5-14(6-8-15)19-20-21(24(33)29-23(20)32)36-25-22(19)37-26(34)30(25)13-18(31)28-16-9-11-17(35-4)12-10-16/h5-12,19-21H,13H2,1-4H3,(H,28,31)(H,29,32,33). The number of amides is 3. The monoisotopic (exact) mass is 537 g/mol. The summed E-state index contributed by atoms with van der Waals surface area (Å²) in [7, 11) is 1.56. The average molecular weight is 538 g/mol. The summed E-state index contributed by atoms with van der Waals surface area (Å²) in [5.74, 6) is -1.47. The maximum absolute atomic E-state index is 13.1. The van der Waals surface area contributed by atoms with E-state index < -0.39 is 17.1 Å². The van der Waals surface area contributed by atoms with Gasteiger partial charge in [-0.1, -0.05) is 68.1 Å². The molecule has 2 aliphatic rings. The van der Waals surface area contributed by atoms with Crippen LogP contribution in [0.25, 0.3) is 0 Å². The van der Waals surface area contributed by atoms with Crippen molar-refractivity contribution in [2.24, 2.45) is 5.92 Å². The Morgan fingerprint density at radius 2 is 1.70 bits per heavy atom. The minimum atomic E-state index is -0.669. The van der Waals surface area contributed by atoms with E-state index in [4.69, 9.17) is 4.74 Å². The van der Waals surface area contributed by atoms with Crippen molar-refractivity contribution < 1.29 is 19.1 Å². The van der Waals surface area contributed by atoms with E-state index in [0.29, 0.717) is 21.3 Å². The Labute approximate surface area is 222 Å². The quantitative estimate of drug-likeness (QED) is 0.481. The van der Waals surface area contributed by atoms with Crippen LogP contribution in [0.2, 0.25) is 0 Å². The summed E-state index contributed by atoms with van der Waals surface area (Å²) >= 11 is 2.22. The van der Waals surface area contributed by atoms with E-state index in [1.54, 1.807) is 31.4 Å². The molecule has 2 N–H and O–H groups in total. The molecule has 2 aliphatic heterocycles. The van der Waals surface area contributed by atoms with E-state index in [9.17, 15) is 19.2 Å². The summed E-state index contributed by atoms with van der Waals surface area (Å²) in [5.41, 5.74) is 2.55. The molecule has 5 rings (SSSR count). The number of fused-ring (bicyclic) bond motifs is 2. The molecule has 192 valence electrons. The van der Waals surface area contributed by atoms with Crippen LogP contribution < -0.4 is 20.2 Å². The molecule has 1 aromatic heterocycles. The lowest BCUT2D eigenvalue weighted by atomic mass is 9.81. The fourth-order valence-corrected chi connectivity index (χ4v) is 7.48. The normalized spacial score (nSPS) is 20.7. The lowest BCUT2D eigenvalue weighted by Crippen LogP contribution is -2.32. The second kappa shape index (κ2) is 9.50. The highest BCUT2D eigenvalue weighted by Crippen LogP contribution is 2.51. The number of carbonyl (C=O) groups is 3. The van der Waals surface area contributed by atoms with Crippen LogP contribution in [0.15, 0.2) is 58.4 Å². The molecule has 3 heterocycles. The highest BCUT2D eigenvalue weighted by atomic mass is 32.2. The van der Waals surface area contributed by atoms with E-state index in [2.05, 4.69) is 31.4 Å². The van der Waals surface area contributed by atoms with Gasteiger partial charge in [0.15, 0.2) is 0 Å². The summed E-state index contributed by atoms with van der Waals surface area (Å²) in [4.78, 5) is 51.9. The van der Waals surface area contributed by atoms with Crippen LogP contribution in [0.1, 0.15) is 42.7 Å². The second-order valence-corrected chi connectivity index (χ2v) is 12.3. The number of hydrogen-bond acceptors (Lipinski definition) is 7. The number of hydrogen-bond donors (Lipinski definition) is 2. The fraction of sp³-hybridized carbons (Fsp3) is 0.333. The van der Waals surface area contributed by atoms with Gasteiger partial charge >= 0.3 is 4.87 Å². The topological polar surface area (TPSA) is 106 Å². The van der Waals surface area contributed by atoms with Gasteiger partial charge in [-0.2, -0.15) is 0 Å². The number of methoxy groups -OCH3 is 1. The maximum atomic E-state index is 13.1. The Morgan fingerprint density at radius 3 is 2.32 bits per heavy atom. The van der Waals surface area contributed by atoms with Gasteiger partial charge in [0.05, 0.1) is 18.1 Å². The molecular weight excluding hydrogens is 510 g/mol. The zero-order chi connectivity index (χ0) is 26.5. The van der Waals surface area contributed by atoms with E-state index in [1.165, 1.54) is 16.3 Å². The molecular formula is C27H27N3O5S2. The Balaban J connectivity index is 1.50. The number of nitrogens with zero attached hydrogens (tertiary/aromatic N) is 1. The lowest BCUT2D eigenvalue weighted by Gasteiger charge is -2.31. The molecule has 0 bridgehead atoms. The third kappa shape index (κ3) is 4.71. The first kappa shape index (κ1) is 25.3. The van der Waals surface area contributed by atoms with Crippen molar-refractivity contribution in [3.8, 4) is 5.75 Å². The van der Waals surface area contributed by atoms with Gasteiger partial charge in [0.2, 0.25) is 17.7 Å². The SMILES string of the molecule is COc1ccc(NC(=O)Cn2c3c(sc2=O)C(c2ccc(C(C)(C)C)cc2)C2C(=O)NC(=O)C2S3)cc1. The Morgan fingerprint density at radius 1 is 1.03 bits per heavy atom. The highest BCUT2D eigenvalue weighted by molar-refractivity contribution is 8.00. The Kier molecular flexibility index (Phi) is 6.49. The van der Waals surface area contributed by atoms with Gasteiger partial charge in [-0.3, -0.25) is 29.1 Å². The van der Waals surface area contributed by atoms with Crippen molar-refractivity contribution in [1.29, 1.82) is 0 Å². The van der Waals surface area contributed by atoms with E-state index >= 15 is 0 Å². The minimum absolute atomic E-state index is 0.0409. The molecule has 2 aromatic carbocycles. The molecule has 3 aromatic rings. The van der Waals surface area contributed by atoms with Crippen molar-refractivity contribution >= 4 is 46.5 Å². The third-order valence-corrected chi connectivity index (χ3v) is 9.32. The molecule has 0 spiro atoms. The molecule has 1 fully saturated rings. The second-order valence-electron chi connectivity index (χ2n) is 10.2. The predicted octanol–water partition coefficient (Wildman–Crippen LogP) is 3.73. The van der Waals surface area contributed by atoms with Gasteiger partial charge in [-0.25, -0.2) is 0 Å². The number of ether oxygens (including phenoxy) is 1. The number of aromatic nitrogens is 1. The zero-order valence-corrected chi connectivity index (χ0v) is 22.5. The first-order chi connectivity index (χ1) is 17.6. The number of imide groups is 1. The van der Waals surface area contributed by atoms with Crippen LogP contribution in [-0.2, 0) is 26.3 Å². The van der Waals surface area contributed by atoms with Crippen LogP contribution in [-0.4, -0.2) is 34.6 Å². The highest BCUT2D eigenvalue weighted by Gasteiger charge is 2.52. The van der Waals surface area contributed by atoms with Gasteiger partial charge in [-0.05, 0) is 40.8 Å². The molecule has 1 saturated heterocycles. The summed E-state index contributed by atoms with van der Waals surface area (Å²) in [6.07, 6.45) is 0. The summed E-state index contributed by atoms with van der Waals surface area (Å²) in [6.45, 7) is 6.17. The molecule has 8 nitrogen and oxygen atoms in total. The summed E-state index contributed by atoms with van der Waals surface area (Å²) in [5, 5.41) is 5.16. The average Bonchev–Trinajstić information content (AvgIpc) is 3.32. The lowest BCUT2D eigenvalue weighted by molar-refractivity contribution is -0.126. The Hall–Kier alpha value is -3.37. The number of carbonyl (C=O) groups excluding carboxylic acids is 3. The fourth-order valence-electron chi connectivity index (χ4n) is 4.74. The van der Waals surface area contributed by atoms with Crippen LogP contribution in [0.4, 0.5) is 5.69 Å². The molecule has 3 atom stereocenters. The number of thioether (sulfide) groups is 1. The van der Waals surface area contributed by atoms with Crippen molar-refractivity contribution in [1.82, 2.24) is 9.88 Å². The number of nitrogens with one attached hydrogen (secondary N) is 2. The smallest absolute Gasteiger partial charge is 0.308 e. The maximum Gasteiger partial charge on any atom is 0.308 e.